The van der Waals surface area contributed by atoms with Crippen LogP contribution in [0.2, 0.25) is 5.02 Å². The Kier molecular flexibility index (Phi) is 4.39. The van der Waals surface area contributed by atoms with Crippen molar-refractivity contribution in [1.29, 1.82) is 0 Å². The molecule has 0 radical (unpaired) electrons. The minimum absolute atomic E-state index is 0.388. The number of aromatic nitrogens is 2. The first-order valence-electron chi connectivity index (χ1n) is 6.09. The van der Waals surface area contributed by atoms with Gasteiger partial charge in [0.25, 0.3) is 0 Å². The Morgan fingerprint density at radius 1 is 1.44 bits per heavy atom. The fourth-order valence-electron chi connectivity index (χ4n) is 1.81. The molecule has 0 saturated heterocycles. The Hall–Kier alpha value is -1.32. The van der Waals surface area contributed by atoms with Crippen molar-refractivity contribution in [3.8, 4) is 0 Å². The molecule has 0 fully saturated rings. The summed E-state index contributed by atoms with van der Waals surface area (Å²) in [5.41, 5.74) is 2.33. The number of hydrogen-bond acceptors (Lipinski definition) is 2. The van der Waals surface area contributed by atoms with Crippen molar-refractivity contribution in [2.75, 3.05) is 0 Å². The zero-order valence-corrected chi connectivity index (χ0v) is 11.5. The molecule has 2 rings (SSSR count). The molecule has 18 heavy (non-hydrogen) atoms. The standard InChI is InChI=1S/C14H18ClN3/c1-11-3-4-13(7-14(11)15)8-17-12(2)9-18-6-5-16-10-18/h3-7,10,12,17H,8-9H2,1-2H3. The summed E-state index contributed by atoms with van der Waals surface area (Å²) in [5.74, 6) is 0. The monoisotopic (exact) mass is 263 g/mol. The van der Waals surface area contributed by atoms with Gasteiger partial charge in [-0.05, 0) is 31.0 Å². The molecule has 0 saturated carbocycles. The van der Waals surface area contributed by atoms with Crippen LogP contribution in [0.3, 0.4) is 0 Å². The Bertz CT molecular complexity index is 494. The van der Waals surface area contributed by atoms with Gasteiger partial charge in [0, 0.05) is 36.5 Å². The van der Waals surface area contributed by atoms with Crippen molar-refractivity contribution in [2.45, 2.75) is 33.0 Å². The highest BCUT2D eigenvalue weighted by molar-refractivity contribution is 6.31. The lowest BCUT2D eigenvalue weighted by atomic mass is 10.1. The summed E-state index contributed by atoms with van der Waals surface area (Å²) in [7, 11) is 0. The van der Waals surface area contributed by atoms with E-state index in [2.05, 4.69) is 33.9 Å². The molecule has 1 N–H and O–H groups in total. The Morgan fingerprint density at radius 2 is 2.28 bits per heavy atom. The van der Waals surface area contributed by atoms with Crippen molar-refractivity contribution in [3.63, 3.8) is 0 Å². The van der Waals surface area contributed by atoms with E-state index in [1.807, 2.05) is 25.5 Å². The van der Waals surface area contributed by atoms with Crippen LogP contribution in [0.5, 0.6) is 0 Å². The summed E-state index contributed by atoms with van der Waals surface area (Å²) in [6.45, 7) is 5.92. The maximum Gasteiger partial charge on any atom is 0.0946 e. The second-order valence-electron chi connectivity index (χ2n) is 4.62. The average Bonchev–Trinajstić information content (AvgIpc) is 2.83. The summed E-state index contributed by atoms with van der Waals surface area (Å²) >= 11 is 6.10. The molecule has 0 aliphatic rings. The highest BCUT2D eigenvalue weighted by Crippen LogP contribution is 2.16. The summed E-state index contributed by atoms with van der Waals surface area (Å²) in [5, 5.41) is 4.31. The average molecular weight is 264 g/mol. The van der Waals surface area contributed by atoms with Crippen molar-refractivity contribution in [3.05, 3.63) is 53.1 Å². The van der Waals surface area contributed by atoms with Crippen LogP contribution in [-0.4, -0.2) is 15.6 Å². The number of nitrogens with zero attached hydrogens (tertiary/aromatic N) is 2. The van der Waals surface area contributed by atoms with Gasteiger partial charge in [0.05, 0.1) is 6.33 Å². The van der Waals surface area contributed by atoms with Crippen LogP contribution in [0.15, 0.2) is 36.9 Å². The summed E-state index contributed by atoms with van der Waals surface area (Å²) in [4.78, 5) is 4.03. The smallest absolute Gasteiger partial charge is 0.0946 e. The van der Waals surface area contributed by atoms with Crippen LogP contribution < -0.4 is 5.32 Å². The Morgan fingerprint density at radius 3 is 2.94 bits per heavy atom. The zero-order chi connectivity index (χ0) is 13.0. The number of benzene rings is 1. The molecule has 0 amide bonds. The first-order valence-corrected chi connectivity index (χ1v) is 6.47. The van der Waals surface area contributed by atoms with E-state index in [1.54, 1.807) is 6.20 Å². The highest BCUT2D eigenvalue weighted by Gasteiger charge is 2.03. The lowest BCUT2D eigenvalue weighted by molar-refractivity contribution is 0.476. The van der Waals surface area contributed by atoms with E-state index < -0.39 is 0 Å². The van der Waals surface area contributed by atoms with Gasteiger partial charge in [0.2, 0.25) is 0 Å². The van der Waals surface area contributed by atoms with Gasteiger partial charge in [-0.15, -0.1) is 0 Å². The molecule has 1 unspecified atom stereocenters. The van der Waals surface area contributed by atoms with E-state index in [-0.39, 0.29) is 0 Å². The summed E-state index contributed by atoms with van der Waals surface area (Å²) < 4.78 is 2.07. The fourth-order valence-corrected chi connectivity index (χ4v) is 2.02. The third-order valence-corrected chi connectivity index (χ3v) is 3.34. The van der Waals surface area contributed by atoms with Gasteiger partial charge in [-0.1, -0.05) is 23.7 Å². The Labute approximate surface area is 113 Å². The van der Waals surface area contributed by atoms with Crippen molar-refractivity contribution in [2.24, 2.45) is 0 Å². The molecule has 2 aromatic rings. The van der Waals surface area contributed by atoms with Gasteiger partial charge in [-0.3, -0.25) is 0 Å². The molecule has 1 aromatic heterocycles. The van der Waals surface area contributed by atoms with E-state index in [0.29, 0.717) is 6.04 Å². The van der Waals surface area contributed by atoms with Crippen LogP contribution in [0.1, 0.15) is 18.1 Å². The molecular weight excluding hydrogens is 246 g/mol. The molecule has 3 nitrogen and oxygen atoms in total. The number of aryl methyl sites for hydroxylation is 1. The molecule has 96 valence electrons. The lowest BCUT2D eigenvalue weighted by Gasteiger charge is -2.14. The summed E-state index contributed by atoms with van der Waals surface area (Å²) in [6, 6.07) is 6.57. The quantitative estimate of drug-likeness (QED) is 0.899. The molecular formula is C14H18ClN3. The van der Waals surface area contributed by atoms with Gasteiger partial charge in [0.15, 0.2) is 0 Å². The number of halogens is 1. The van der Waals surface area contributed by atoms with Gasteiger partial charge in [-0.25, -0.2) is 4.98 Å². The predicted molar refractivity (Wildman–Crippen MR) is 74.7 cm³/mol. The largest absolute Gasteiger partial charge is 0.336 e. The van der Waals surface area contributed by atoms with E-state index in [4.69, 9.17) is 11.6 Å². The first-order chi connectivity index (χ1) is 8.65. The maximum absolute atomic E-state index is 6.10. The minimum Gasteiger partial charge on any atom is -0.336 e. The van der Waals surface area contributed by atoms with E-state index in [1.165, 1.54) is 5.56 Å². The predicted octanol–water partition coefficient (Wildman–Crippen LogP) is 3.02. The van der Waals surface area contributed by atoms with Gasteiger partial charge in [0.1, 0.15) is 0 Å². The van der Waals surface area contributed by atoms with E-state index in [0.717, 1.165) is 23.7 Å². The van der Waals surface area contributed by atoms with E-state index in [9.17, 15) is 0 Å². The fraction of sp³-hybridized carbons (Fsp3) is 0.357. The van der Waals surface area contributed by atoms with E-state index >= 15 is 0 Å². The second-order valence-corrected chi connectivity index (χ2v) is 5.03. The van der Waals surface area contributed by atoms with Crippen LogP contribution >= 0.6 is 11.6 Å². The van der Waals surface area contributed by atoms with Gasteiger partial charge >= 0.3 is 0 Å². The molecule has 0 spiro atoms. The topological polar surface area (TPSA) is 29.9 Å². The van der Waals surface area contributed by atoms with Crippen LogP contribution in [0.25, 0.3) is 0 Å². The molecule has 0 aliphatic carbocycles. The third-order valence-electron chi connectivity index (χ3n) is 2.93. The van der Waals surface area contributed by atoms with Gasteiger partial charge < -0.3 is 9.88 Å². The Balaban J connectivity index is 1.85. The van der Waals surface area contributed by atoms with Crippen LogP contribution in [0, 0.1) is 6.92 Å². The zero-order valence-electron chi connectivity index (χ0n) is 10.7. The molecule has 0 aliphatic heterocycles. The summed E-state index contributed by atoms with van der Waals surface area (Å²) in [6.07, 6.45) is 5.61. The molecule has 1 atom stereocenters. The number of nitrogens with one attached hydrogen (secondary N) is 1. The van der Waals surface area contributed by atoms with Crippen molar-refractivity contribution in [1.82, 2.24) is 14.9 Å². The molecule has 1 aromatic carbocycles. The maximum atomic E-state index is 6.10. The van der Waals surface area contributed by atoms with Crippen molar-refractivity contribution >= 4 is 11.6 Å². The molecule has 4 heteroatoms. The first kappa shape index (κ1) is 13.1. The normalized spacial score (nSPS) is 12.6. The van der Waals surface area contributed by atoms with Crippen molar-refractivity contribution < 1.29 is 0 Å². The van der Waals surface area contributed by atoms with Crippen LogP contribution in [-0.2, 0) is 13.1 Å². The molecule has 1 heterocycles. The number of hydrogen-bond donors (Lipinski definition) is 1. The van der Waals surface area contributed by atoms with Gasteiger partial charge in [-0.2, -0.15) is 0 Å². The highest BCUT2D eigenvalue weighted by atomic mass is 35.5. The lowest BCUT2D eigenvalue weighted by Crippen LogP contribution is -2.29. The third kappa shape index (κ3) is 3.59. The minimum atomic E-state index is 0.388. The second kappa shape index (κ2) is 6.03. The number of imidazole rings is 1. The number of rotatable bonds is 5. The van der Waals surface area contributed by atoms with Crippen LogP contribution in [0.4, 0.5) is 0 Å². The SMILES string of the molecule is Cc1ccc(CNC(C)Cn2ccnc2)cc1Cl. The molecule has 0 bridgehead atoms.